The number of aryl methyl sites for hydroxylation is 1. The first kappa shape index (κ1) is 20.3. The third-order valence-electron chi connectivity index (χ3n) is 4.89. The van der Waals surface area contributed by atoms with Gasteiger partial charge >= 0.3 is 0 Å². The van der Waals surface area contributed by atoms with Gasteiger partial charge in [-0.25, -0.2) is 9.37 Å². The zero-order valence-corrected chi connectivity index (χ0v) is 17.2. The van der Waals surface area contributed by atoms with Crippen LogP contribution in [-0.2, 0) is 4.79 Å². The number of halogens is 1. The number of nitrogens with one attached hydrogen (secondary N) is 2. The number of amides is 1. The van der Waals surface area contributed by atoms with Crippen molar-refractivity contribution in [1.82, 2.24) is 14.4 Å². The van der Waals surface area contributed by atoms with E-state index in [0.29, 0.717) is 34.9 Å². The fourth-order valence-corrected chi connectivity index (χ4v) is 3.29. The van der Waals surface area contributed by atoms with E-state index in [1.807, 2.05) is 28.7 Å². The molecule has 2 heterocycles. The van der Waals surface area contributed by atoms with Crippen LogP contribution in [-0.4, -0.2) is 33.9 Å². The third-order valence-corrected chi connectivity index (χ3v) is 4.89. The number of benzene rings is 2. The normalized spacial score (nSPS) is 10.8. The van der Waals surface area contributed by atoms with Crippen LogP contribution in [0.4, 0.5) is 15.9 Å². The minimum absolute atomic E-state index is 0.194. The minimum Gasteiger partial charge on any atom is -0.496 e. The smallest absolute Gasteiger partial charge is 0.226 e. The van der Waals surface area contributed by atoms with E-state index in [-0.39, 0.29) is 18.1 Å². The molecule has 2 N–H and O–H groups in total. The van der Waals surface area contributed by atoms with Crippen molar-refractivity contribution < 1.29 is 13.9 Å². The minimum atomic E-state index is -0.350. The van der Waals surface area contributed by atoms with Gasteiger partial charge in [0.1, 0.15) is 23.1 Å². The van der Waals surface area contributed by atoms with Crippen molar-refractivity contribution in [3.05, 3.63) is 72.4 Å². The van der Waals surface area contributed by atoms with Gasteiger partial charge in [-0.05, 0) is 36.8 Å². The predicted molar refractivity (Wildman–Crippen MR) is 118 cm³/mol. The molecule has 158 valence electrons. The van der Waals surface area contributed by atoms with E-state index in [4.69, 9.17) is 9.72 Å². The largest absolute Gasteiger partial charge is 0.496 e. The van der Waals surface area contributed by atoms with Gasteiger partial charge < -0.3 is 15.4 Å². The monoisotopic (exact) mass is 419 g/mol. The summed E-state index contributed by atoms with van der Waals surface area (Å²) in [5.74, 6) is 0.860. The summed E-state index contributed by atoms with van der Waals surface area (Å²) in [5, 5.41) is 6.03. The van der Waals surface area contributed by atoms with Gasteiger partial charge in [0.05, 0.1) is 13.3 Å². The number of methoxy groups -OCH3 is 1. The highest BCUT2D eigenvalue weighted by Gasteiger charge is 2.17. The summed E-state index contributed by atoms with van der Waals surface area (Å²) in [5.41, 5.74) is 3.17. The standard InChI is InChI=1S/C23H22FN5O2/c1-15-7-8-16(13-18(15)24)27-21(30)9-10-26-23-22(17-5-3-4-6-19(17)31-2)28-20-14-25-11-12-29(20)23/h3-8,11-14,26H,9-10H2,1-2H3,(H,27,30). The Morgan fingerprint density at radius 3 is 2.87 bits per heavy atom. The number of nitrogens with zero attached hydrogens (tertiary/aromatic N) is 3. The molecular weight excluding hydrogens is 397 g/mol. The molecule has 7 nitrogen and oxygen atoms in total. The highest BCUT2D eigenvalue weighted by Crippen LogP contribution is 2.34. The first-order valence-electron chi connectivity index (χ1n) is 9.82. The first-order chi connectivity index (χ1) is 15.1. The molecule has 0 bridgehead atoms. The zero-order chi connectivity index (χ0) is 21.8. The number of hydrogen-bond acceptors (Lipinski definition) is 5. The Bertz CT molecular complexity index is 1240. The van der Waals surface area contributed by atoms with Gasteiger partial charge in [0.2, 0.25) is 5.91 Å². The molecule has 0 atom stereocenters. The molecule has 4 aromatic rings. The number of para-hydroxylation sites is 1. The van der Waals surface area contributed by atoms with E-state index in [1.54, 1.807) is 44.8 Å². The summed E-state index contributed by atoms with van der Waals surface area (Å²) >= 11 is 0. The Morgan fingerprint density at radius 2 is 2.06 bits per heavy atom. The molecule has 0 saturated heterocycles. The number of imidazole rings is 1. The van der Waals surface area contributed by atoms with Crippen molar-refractivity contribution in [2.75, 3.05) is 24.3 Å². The maximum Gasteiger partial charge on any atom is 0.226 e. The van der Waals surface area contributed by atoms with E-state index < -0.39 is 0 Å². The van der Waals surface area contributed by atoms with E-state index in [0.717, 1.165) is 11.4 Å². The number of aromatic nitrogens is 3. The second-order valence-electron chi connectivity index (χ2n) is 7.00. The van der Waals surface area contributed by atoms with Crippen molar-refractivity contribution in [2.24, 2.45) is 0 Å². The van der Waals surface area contributed by atoms with Crippen molar-refractivity contribution in [2.45, 2.75) is 13.3 Å². The Hall–Kier alpha value is -3.94. The Morgan fingerprint density at radius 1 is 1.23 bits per heavy atom. The van der Waals surface area contributed by atoms with Gasteiger partial charge in [-0.15, -0.1) is 0 Å². The fourth-order valence-electron chi connectivity index (χ4n) is 3.29. The van der Waals surface area contributed by atoms with Crippen LogP contribution < -0.4 is 15.4 Å². The lowest BCUT2D eigenvalue weighted by molar-refractivity contribution is -0.115. The molecule has 0 aliphatic carbocycles. The van der Waals surface area contributed by atoms with Crippen LogP contribution in [0, 0.1) is 12.7 Å². The third kappa shape index (κ3) is 4.32. The molecule has 0 aliphatic rings. The van der Waals surface area contributed by atoms with Gasteiger partial charge in [-0.2, -0.15) is 0 Å². The number of ether oxygens (including phenoxy) is 1. The lowest BCUT2D eigenvalue weighted by Crippen LogP contribution is -2.17. The molecule has 8 heteroatoms. The number of fused-ring (bicyclic) bond motifs is 1. The number of carbonyl (C=O) groups excluding carboxylic acids is 1. The Kier molecular flexibility index (Phi) is 5.79. The molecule has 1 amide bonds. The fraction of sp³-hybridized carbons (Fsp3) is 0.174. The first-order valence-corrected chi connectivity index (χ1v) is 9.82. The van der Waals surface area contributed by atoms with E-state index in [1.165, 1.54) is 6.07 Å². The van der Waals surface area contributed by atoms with Crippen molar-refractivity contribution in [3.63, 3.8) is 0 Å². The van der Waals surface area contributed by atoms with Crippen molar-refractivity contribution in [1.29, 1.82) is 0 Å². The Labute approximate surface area is 178 Å². The van der Waals surface area contributed by atoms with Crippen LogP contribution in [0.1, 0.15) is 12.0 Å². The lowest BCUT2D eigenvalue weighted by Gasteiger charge is -2.11. The highest BCUT2D eigenvalue weighted by atomic mass is 19.1. The molecule has 0 saturated carbocycles. The maximum absolute atomic E-state index is 13.7. The maximum atomic E-state index is 13.7. The average Bonchev–Trinajstić information content (AvgIpc) is 3.15. The van der Waals surface area contributed by atoms with Gasteiger partial charge in [-0.1, -0.05) is 18.2 Å². The second-order valence-corrected chi connectivity index (χ2v) is 7.00. The van der Waals surface area contributed by atoms with Crippen LogP contribution in [0.5, 0.6) is 5.75 Å². The van der Waals surface area contributed by atoms with Crippen LogP contribution in [0.15, 0.2) is 61.1 Å². The van der Waals surface area contributed by atoms with E-state index in [9.17, 15) is 9.18 Å². The predicted octanol–water partition coefficient (Wildman–Crippen LogP) is 4.29. The molecule has 0 unspecified atom stereocenters. The van der Waals surface area contributed by atoms with Crippen LogP contribution in [0.3, 0.4) is 0 Å². The Balaban J connectivity index is 1.53. The molecule has 0 aliphatic heterocycles. The summed E-state index contributed by atoms with van der Waals surface area (Å²) in [6.07, 6.45) is 5.34. The van der Waals surface area contributed by atoms with Gasteiger partial charge in [0, 0.05) is 36.6 Å². The quantitative estimate of drug-likeness (QED) is 0.467. The molecule has 0 fully saturated rings. The summed E-state index contributed by atoms with van der Waals surface area (Å²) in [6, 6.07) is 12.2. The van der Waals surface area contributed by atoms with Crippen molar-refractivity contribution in [3.8, 4) is 17.0 Å². The topological polar surface area (TPSA) is 80.6 Å². The molecule has 0 spiro atoms. The van der Waals surface area contributed by atoms with Gasteiger partial charge in [0.25, 0.3) is 0 Å². The summed E-state index contributed by atoms with van der Waals surface area (Å²) in [7, 11) is 1.61. The van der Waals surface area contributed by atoms with Crippen LogP contribution in [0.25, 0.3) is 16.9 Å². The number of carbonyl (C=O) groups is 1. The van der Waals surface area contributed by atoms with E-state index in [2.05, 4.69) is 15.6 Å². The summed E-state index contributed by atoms with van der Waals surface area (Å²) < 4.78 is 21.1. The average molecular weight is 419 g/mol. The van der Waals surface area contributed by atoms with Crippen molar-refractivity contribution >= 4 is 23.1 Å². The zero-order valence-electron chi connectivity index (χ0n) is 17.2. The molecular formula is C23H22FN5O2. The highest BCUT2D eigenvalue weighted by molar-refractivity contribution is 5.91. The second kappa shape index (κ2) is 8.83. The molecule has 4 rings (SSSR count). The van der Waals surface area contributed by atoms with E-state index >= 15 is 0 Å². The summed E-state index contributed by atoms with van der Waals surface area (Å²) in [6.45, 7) is 2.04. The van der Waals surface area contributed by atoms with Crippen LogP contribution in [0.2, 0.25) is 0 Å². The number of anilines is 2. The van der Waals surface area contributed by atoms with Gasteiger partial charge in [0.15, 0.2) is 5.65 Å². The number of rotatable bonds is 7. The van der Waals surface area contributed by atoms with Gasteiger partial charge in [-0.3, -0.25) is 14.2 Å². The molecule has 2 aromatic carbocycles. The lowest BCUT2D eigenvalue weighted by atomic mass is 10.1. The summed E-state index contributed by atoms with van der Waals surface area (Å²) in [4.78, 5) is 21.2. The SMILES string of the molecule is COc1ccccc1-c1nc2cnccn2c1NCCC(=O)Nc1ccc(C)c(F)c1. The van der Waals surface area contributed by atoms with Crippen LogP contribution >= 0.6 is 0 Å². The molecule has 0 radical (unpaired) electrons. The molecule has 2 aromatic heterocycles. The number of hydrogen-bond donors (Lipinski definition) is 2. The molecule has 31 heavy (non-hydrogen) atoms.